The molecule has 2 aromatic carbocycles. The lowest BCUT2D eigenvalue weighted by molar-refractivity contribution is 0.287. The molecule has 0 fully saturated rings. The number of nitrogens with one attached hydrogen (secondary N) is 1. The topological polar surface area (TPSA) is 71.0 Å². The summed E-state index contributed by atoms with van der Waals surface area (Å²) in [5.74, 6) is 1.46. The molecule has 0 saturated heterocycles. The van der Waals surface area contributed by atoms with Gasteiger partial charge in [0.2, 0.25) is 0 Å². The largest absolute Gasteiger partial charge is 0.490 e. The highest BCUT2D eigenvalue weighted by atomic mass is 16.5. The van der Waals surface area contributed by atoms with Gasteiger partial charge in [0.1, 0.15) is 17.1 Å². The van der Waals surface area contributed by atoms with Gasteiger partial charge in [0.15, 0.2) is 11.5 Å². The summed E-state index contributed by atoms with van der Waals surface area (Å²) in [5.41, 5.74) is 6.67. The zero-order valence-corrected chi connectivity index (χ0v) is 17.6. The summed E-state index contributed by atoms with van der Waals surface area (Å²) in [6.45, 7) is 7.73. The average Bonchev–Trinajstić information content (AvgIpc) is 2.75. The summed E-state index contributed by atoms with van der Waals surface area (Å²) >= 11 is 0. The standard InChI is InChI=1S/C25H25N3O2/c1-4-29-23-12-18-10-11-28-22(20(18)14-24(23)30-5-2)13-19(21(15-26)25(28)27)17-8-6-16(3)7-9-17/h6-9,12-14,27H,4-5,10-11H2,1-3H3. The second-order valence-electron chi connectivity index (χ2n) is 7.37. The SMILES string of the molecule is CCOc1cc2c(cc1OCC)-c1cc(-c3ccc(C)cc3)c(C#N)c(=N)n1CC2. The van der Waals surface area contributed by atoms with Gasteiger partial charge in [0, 0.05) is 17.7 Å². The molecule has 0 amide bonds. The van der Waals surface area contributed by atoms with Gasteiger partial charge in [0.25, 0.3) is 0 Å². The summed E-state index contributed by atoms with van der Waals surface area (Å²) in [5, 5.41) is 18.5. The molecule has 0 radical (unpaired) electrons. The average molecular weight is 399 g/mol. The van der Waals surface area contributed by atoms with Crippen molar-refractivity contribution in [3.8, 4) is 40.0 Å². The highest BCUT2D eigenvalue weighted by Crippen LogP contribution is 2.39. The van der Waals surface area contributed by atoms with Crippen LogP contribution in [0, 0.1) is 23.7 Å². The van der Waals surface area contributed by atoms with Gasteiger partial charge in [-0.15, -0.1) is 0 Å². The molecular formula is C25H25N3O2. The minimum atomic E-state index is 0.253. The van der Waals surface area contributed by atoms with Crippen molar-refractivity contribution in [1.82, 2.24) is 4.57 Å². The third kappa shape index (κ3) is 3.35. The number of fused-ring (bicyclic) bond motifs is 3. The number of benzene rings is 2. The van der Waals surface area contributed by atoms with Crippen LogP contribution in [0.1, 0.15) is 30.5 Å². The Balaban J connectivity index is 1.96. The number of nitrogens with zero attached hydrogens (tertiary/aromatic N) is 2. The van der Waals surface area contributed by atoms with Crippen LogP contribution >= 0.6 is 0 Å². The molecule has 0 bridgehead atoms. The molecule has 30 heavy (non-hydrogen) atoms. The monoisotopic (exact) mass is 399 g/mol. The highest BCUT2D eigenvalue weighted by molar-refractivity contribution is 5.78. The smallest absolute Gasteiger partial charge is 0.161 e. The maximum absolute atomic E-state index is 9.80. The summed E-state index contributed by atoms with van der Waals surface area (Å²) < 4.78 is 13.6. The first kappa shape index (κ1) is 19.8. The van der Waals surface area contributed by atoms with E-state index in [1.165, 1.54) is 5.56 Å². The quantitative estimate of drug-likeness (QED) is 0.668. The molecule has 0 spiro atoms. The van der Waals surface area contributed by atoms with E-state index in [9.17, 15) is 5.26 Å². The summed E-state index contributed by atoms with van der Waals surface area (Å²) in [6.07, 6.45) is 0.778. The Morgan fingerprint density at radius 2 is 1.67 bits per heavy atom. The molecule has 1 N–H and O–H groups in total. The van der Waals surface area contributed by atoms with E-state index in [2.05, 4.69) is 12.1 Å². The number of hydrogen-bond acceptors (Lipinski definition) is 4. The number of aromatic nitrogens is 1. The molecule has 5 heteroatoms. The zero-order chi connectivity index (χ0) is 21.3. The lowest BCUT2D eigenvalue weighted by atomic mass is 9.92. The Morgan fingerprint density at radius 3 is 2.30 bits per heavy atom. The van der Waals surface area contributed by atoms with Gasteiger partial charge in [-0.05, 0) is 56.5 Å². The molecule has 5 nitrogen and oxygen atoms in total. The fraction of sp³-hybridized carbons (Fsp3) is 0.280. The second-order valence-corrected chi connectivity index (χ2v) is 7.37. The molecule has 0 unspecified atom stereocenters. The first-order chi connectivity index (χ1) is 14.6. The summed E-state index contributed by atoms with van der Waals surface area (Å²) in [4.78, 5) is 0. The molecule has 0 saturated carbocycles. The van der Waals surface area contributed by atoms with Crippen molar-refractivity contribution >= 4 is 0 Å². The van der Waals surface area contributed by atoms with Crippen molar-refractivity contribution in [3.63, 3.8) is 0 Å². The molecule has 4 rings (SSSR count). The Bertz CT molecular complexity index is 1200. The summed E-state index contributed by atoms with van der Waals surface area (Å²) in [7, 11) is 0. The molecule has 1 aliphatic heterocycles. The molecule has 152 valence electrons. The number of aryl methyl sites for hydroxylation is 2. The number of hydrogen-bond donors (Lipinski definition) is 1. The van der Waals surface area contributed by atoms with Crippen LogP contribution in [0.15, 0.2) is 42.5 Å². The maximum Gasteiger partial charge on any atom is 0.161 e. The van der Waals surface area contributed by atoms with Crippen molar-refractivity contribution < 1.29 is 9.47 Å². The van der Waals surface area contributed by atoms with Crippen molar-refractivity contribution in [3.05, 3.63) is 64.6 Å². The first-order valence-corrected chi connectivity index (χ1v) is 10.3. The van der Waals surface area contributed by atoms with E-state index in [-0.39, 0.29) is 5.49 Å². The molecule has 0 aliphatic carbocycles. The van der Waals surface area contributed by atoms with Crippen molar-refractivity contribution in [1.29, 1.82) is 10.7 Å². The van der Waals surface area contributed by atoms with Crippen LogP contribution in [0.5, 0.6) is 11.5 Å². The van der Waals surface area contributed by atoms with E-state index in [1.807, 2.05) is 61.7 Å². The van der Waals surface area contributed by atoms with Crippen LogP contribution in [-0.2, 0) is 13.0 Å². The van der Waals surface area contributed by atoms with Crippen LogP contribution in [0.25, 0.3) is 22.4 Å². The molecule has 1 aromatic heterocycles. The maximum atomic E-state index is 9.80. The van der Waals surface area contributed by atoms with Crippen molar-refractivity contribution in [2.24, 2.45) is 0 Å². The predicted molar refractivity (Wildman–Crippen MR) is 117 cm³/mol. The van der Waals surface area contributed by atoms with Crippen molar-refractivity contribution in [2.75, 3.05) is 13.2 Å². The minimum Gasteiger partial charge on any atom is -0.490 e. The first-order valence-electron chi connectivity index (χ1n) is 10.3. The van der Waals surface area contributed by atoms with Gasteiger partial charge < -0.3 is 14.0 Å². The van der Waals surface area contributed by atoms with E-state index >= 15 is 0 Å². The van der Waals surface area contributed by atoms with Crippen LogP contribution in [0.2, 0.25) is 0 Å². The Hall–Kier alpha value is -3.52. The fourth-order valence-corrected chi connectivity index (χ4v) is 4.02. The Morgan fingerprint density at radius 1 is 1.00 bits per heavy atom. The van der Waals surface area contributed by atoms with Gasteiger partial charge >= 0.3 is 0 Å². The Labute approximate surface area is 176 Å². The van der Waals surface area contributed by atoms with Crippen LogP contribution in [0.4, 0.5) is 0 Å². The molecule has 2 heterocycles. The van der Waals surface area contributed by atoms with Crippen molar-refractivity contribution in [2.45, 2.75) is 33.7 Å². The van der Waals surface area contributed by atoms with Crippen LogP contribution < -0.4 is 15.0 Å². The van der Waals surface area contributed by atoms with E-state index in [0.717, 1.165) is 40.1 Å². The molecule has 1 aliphatic rings. The number of rotatable bonds is 5. The third-order valence-electron chi connectivity index (χ3n) is 5.47. The molecule has 3 aromatic rings. The van der Waals surface area contributed by atoms with Crippen LogP contribution in [0.3, 0.4) is 0 Å². The molecule has 0 atom stereocenters. The van der Waals surface area contributed by atoms with Gasteiger partial charge in [-0.2, -0.15) is 5.26 Å². The lowest BCUT2D eigenvalue weighted by Crippen LogP contribution is -2.28. The minimum absolute atomic E-state index is 0.253. The Kier molecular flexibility index (Phi) is 5.33. The van der Waals surface area contributed by atoms with Crippen LogP contribution in [-0.4, -0.2) is 17.8 Å². The normalized spacial score (nSPS) is 11.9. The van der Waals surface area contributed by atoms with E-state index < -0.39 is 0 Å². The van der Waals surface area contributed by atoms with E-state index in [4.69, 9.17) is 14.9 Å². The van der Waals surface area contributed by atoms with Gasteiger partial charge in [-0.1, -0.05) is 29.8 Å². The number of pyridine rings is 1. The summed E-state index contributed by atoms with van der Waals surface area (Å²) in [6, 6.07) is 16.4. The number of nitriles is 1. The van der Waals surface area contributed by atoms with E-state index in [1.54, 1.807) is 0 Å². The predicted octanol–water partition coefficient (Wildman–Crippen LogP) is 4.84. The lowest BCUT2D eigenvalue weighted by Gasteiger charge is -2.26. The highest BCUT2D eigenvalue weighted by Gasteiger charge is 2.23. The van der Waals surface area contributed by atoms with Gasteiger partial charge in [-0.3, -0.25) is 5.41 Å². The van der Waals surface area contributed by atoms with Gasteiger partial charge in [0.05, 0.1) is 18.9 Å². The number of ether oxygens (including phenoxy) is 2. The molecular weight excluding hydrogens is 374 g/mol. The second kappa shape index (κ2) is 8.08. The zero-order valence-electron chi connectivity index (χ0n) is 17.6. The third-order valence-corrected chi connectivity index (χ3v) is 5.47. The fourth-order valence-electron chi connectivity index (χ4n) is 4.02. The van der Waals surface area contributed by atoms with E-state index in [0.29, 0.717) is 31.1 Å². The van der Waals surface area contributed by atoms with Gasteiger partial charge in [-0.25, -0.2) is 0 Å².